The molecule has 19 heavy (non-hydrogen) atoms. The summed E-state index contributed by atoms with van der Waals surface area (Å²) in [6.07, 6.45) is 1.75. The molecule has 0 bridgehead atoms. The summed E-state index contributed by atoms with van der Waals surface area (Å²) in [4.78, 5) is 4.29. The highest BCUT2D eigenvalue weighted by Crippen LogP contribution is 2.29. The van der Waals surface area contributed by atoms with Gasteiger partial charge in [0.15, 0.2) is 0 Å². The smallest absolute Gasteiger partial charge is 0.128 e. The molecule has 0 aliphatic carbocycles. The Morgan fingerprint density at radius 1 is 1.21 bits per heavy atom. The third-order valence-corrected chi connectivity index (χ3v) is 3.42. The van der Waals surface area contributed by atoms with Gasteiger partial charge in [0.1, 0.15) is 5.82 Å². The molecule has 0 spiro atoms. The van der Waals surface area contributed by atoms with E-state index in [0.717, 1.165) is 22.4 Å². The van der Waals surface area contributed by atoms with Crippen LogP contribution in [0.3, 0.4) is 0 Å². The number of halogens is 1. The van der Waals surface area contributed by atoms with Crippen molar-refractivity contribution in [2.75, 3.05) is 7.05 Å². The Bertz CT molecular complexity index is 570. The molecule has 100 valence electrons. The van der Waals surface area contributed by atoms with Crippen molar-refractivity contribution < 1.29 is 4.39 Å². The average molecular weight is 258 g/mol. The van der Waals surface area contributed by atoms with Crippen LogP contribution in [-0.2, 0) is 0 Å². The van der Waals surface area contributed by atoms with Crippen LogP contribution in [0.4, 0.5) is 4.39 Å². The third kappa shape index (κ3) is 2.66. The molecule has 0 fully saturated rings. The number of nitrogens with zero attached hydrogens (tertiary/aromatic N) is 1. The van der Waals surface area contributed by atoms with Gasteiger partial charge in [-0.2, -0.15) is 0 Å². The lowest BCUT2D eigenvalue weighted by Crippen LogP contribution is -2.21. The number of nitrogens with one attached hydrogen (secondary N) is 1. The molecule has 1 atom stereocenters. The fraction of sp³-hybridized carbons (Fsp3) is 0.312. The Morgan fingerprint density at radius 3 is 2.53 bits per heavy atom. The lowest BCUT2D eigenvalue weighted by atomic mass is 9.92. The summed E-state index contributed by atoms with van der Waals surface area (Å²) in [5.74, 6) is -0.167. The van der Waals surface area contributed by atoms with E-state index in [0.29, 0.717) is 5.56 Å². The number of hydrogen-bond acceptors (Lipinski definition) is 2. The molecule has 1 unspecified atom stereocenters. The van der Waals surface area contributed by atoms with Gasteiger partial charge in [0.25, 0.3) is 0 Å². The van der Waals surface area contributed by atoms with E-state index in [4.69, 9.17) is 0 Å². The van der Waals surface area contributed by atoms with Crippen LogP contribution in [0.25, 0.3) is 0 Å². The second kappa shape index (κ2) is 5.49. The Morgan fingerprint density at radius 2 is 1.95 bits per heavy atom. The number of rotatable bonds is 3. The van der Waals surface area contributed by atoms with Crippen LogP contribution in [0.5, 0.6) is 0 Å². The highest BCUT2D eigenvalue weighted by molar-refractivity contribution is 5.41. The molecule has 1 heterocycles. The normalized spacial score (nSPS) is 12.5. The maximum atomic E-state index is 14.3. The topological polar surface area (TPSA) is 24.9 Å². The molecular weight excluding hydrogens is 239 g/mol. The monoisotopic (exact) mass is 258 g/mol. The molecule has 0 radical (unpaired) electrons. The van der Waals surface area contributed by atoms with Crippen molar-refractivity contribution in [3.8, 4) is 0 Å². The first kappa shape index (κ1) is 13.7. The lowest BCUT2D eigenvalue weighted by molar-refractivity contribution is 0.570. The molecular formula is C16H19FN2. The van der Waals surface area contributed by atoms with Crippen molar-refractivity contribution >= 4 is 0 Å². The van der Waals surface area contributed by atoms with Gasteiger partial charge in [-0.15, -0.1) is 0 Å². The largest absolute Gasteiger partial charge is 0.309 e. The van der Waals surface area contributed by atoms with E-state index in [-0.39, 0.29) is 11.9 Å². The van der Waals surface area contributed by atoms with E-state index in [9.17, 15) is 4.39 Å². The predicted molar refractivity (Wildman–Crippen MR) is 75.8 cm³/mol. The Balaban J connectivity index is 2.58. The van der Waals surface area contributed by atoms with Gasteiger partial charge in [-0.3, -0.25) is 4.98 Å². The predicted octanol–water partition coefficient (Wildman–Crippen LogP) is 3.45. The minimum absolute atomic E-state index is 0.167. The summed E-state index contributed by atoms with van der Waals surface area (Å²) in [6, 6.07) is 7.29. The third-order valence-electron chi connectivity index (χ3n) is 3.42. The van der Waals surface area contributed by atoms with Crippen molar-refractivity contribution in [1.29, 1.82) is 0 Å². The quantitative estimate of drug-likeness (QED) is 0.912. The molecule has 1 aromatic heterocycles. The second-order valence-corrected chi connectivity index (χ2v) is 4.88. The average Bonchev–Trinajstić information content (AvgIpc) is 2.34. The summed E-state index contributed by atoms with van der Waals surface area (Å²) in [7, 11) is 1.84. The fourth-order valence-corrected chi connectivity index (χ4v) is 2.55. The van der Waals surface area contributed by atoms with E-state index in [2.05, 4.69) is 10.3 Å². The second-order valence-electron chi connectivity index (χ2n) is 4.88. The zero-order valence-corrected chi connectivity index (χ0v) is 11.8. The van der Waals surface area contributed by atoms with E-state index >= 15 is 0 Å². The molecule has 0 amide bonds. The van der Waals surface area contributed by atoms with Crippen LogP contribution in [0, 0.1) is 26.6 Å². The van der Waals surface area contributed by atoms with Crippen LogP contribution >= 0.6 is 0 Å². The molecule has 0 aliphatic rings. The Hall–Kier alpha value is -1.74. The summed E-state index contributed by atoms with van der Waals surface area (Å²) >= 11 is 0. The first-order valence-electron chi connectivity index (χ1n) is 6.40. The van der Waals surface area contributed by atoms with Crippen molar-refractivity contribution in [1.82, 2.24) is 10.3 Å². The minimum atomic E-state index is -0.172. The van der Waals surface area contributed by atoms with Crippen molar-refractivity contribution in [2.45, 2.75) is 26.8 Å². The van der Waals surface area contributed by atoms with Crippen molar-refractivity contribution in [3.63, 3.8) is 0 Å². The maximum Gasteiger partial charge on any atom is 0.128 e. The number of hydrogen-bond donors (Lipinski definition) is 1. The summed E-state index contributed by atoms with van der Waals surface area (Å²) in [5, 5.41) is 3.20. The number of pyridine rings is 1. The number of benzene rings is 1. The van der Waals surface area contributed by atoms with Gasteiger partial charge in [-0.1, -0.05) is 12.1 Å². The minimum Gasteiger partial charge on any atom is -0.309 e. The Labute approximate surface area is 113 Å². The number of aryl methyl sites for hydroxylation is 3. The first-order chi connectivity index (χ1) is 9.04. The highest BCUT2D eigenvalue weighted by Gasteiger charge is 2.20. The maximum absolute atomic E-state index is 14.3. The summed E-state index contributed by atoms with van der Waals surface area (Å²) in [6.45, 7) is 5.80. The molecule has 2 nitrogen and oxygen atoms in total. The van der Waals surface area contributed by atoms with Crippen LogP contribution in [-0.4, -0.2) is 12.0 Å². The van der Waals surface area contributed by atoms with Gasteiger partial charge in [0, 0.05) is 17.5 Å². The summed E-state index contributed by atoms with van der Waals surface area (Å²) in [5.41, 5.74) is 4.53. The van der Waals surface area contributed by atoms with Crippen LogP contribution in [0.15, 0.2) is 30.5 Å². The van der Waals surface area contributed by atoms with Crippen LogP contribution in [0.1, 0.15) is 34.0 Å². The molecule has 0 saturated heterocycles. The molecule has 3 heteroatoms. The van der Waals surface area contributed by atoms with E-state index in [1.807, 2.05) is 46.0 Å². The first-order valence-corrected chi connectivity index (χ1v) is 6.40. The van der Waals surface area contributed by atoms with Crippen molar-refractivity contribution in [2.24, 2.45) is 0 Å². The van der Waals surface area contributed by atoms with Gasteiger partial charge in [-0.25, -0.2) is 4.39 Å². The zero-order chi connectivity index (χ0) is 14.0. The molecule has 1 N–H and O–H groups in total. The summed E-state index contributed by atoms with van der Waals surface area (Å²) < 4.78 is 14.3. The van der Waals surface area contributed by atoms with Gasteiger partial charge >= 0.3 is 0 Å². The Kier molecular flexibility index (Phi) is 3.96. The van der Waals surface area contributed by atoms with Crippen molar-refractivity contribution in [3.05, 3.63) is 64.2 Å². The van der Waals surface area contributed by atoms with Gasteiger partial charge in [-0.05, 0) is 56.6 Å². The number of aromatic nitrogens is 1. The van der Waals surface area contributed by atoms with Gasteiger partial charge < -0.3 is 5.32 Å². The molecule has 2 aromatic rings. The SMILES string of the molecule is CNC(c1cccnc1C)c1c(C)cc(C)cc1F. The van der Waals surface area contributed by atoms with E-state index in [1.165, 1.54) is 0 Å². The molecule has 2 rings (SSSR count). The highest BCUT2D eigenvalue weighted by atomic mass is 19.1. The lowest BCUT2D eigenvalue weighted by Gasteiger charge is -2.21. The van der Waals surface area contributed by atoms with Gasteiger partial charge in [0.05, 0.1) is 6.04 Å². The van der Waals surface area contributed by atoms with Crippen LogP contribution in [0.2, 0.25) is 0 Å². The standard InChI is InChI=1S/C16H19FN2/c1-10-8-11(2)15(14(17)9-10)16(18-4)13-6-5-7-19-12(13)3/h5-9,16,18H,1-4H3. The zero-order valence-electron chi connectivity index (χ0n) is 11.8. The molecule has 0 saturated carbocycles. The molecule has 1 aromatic carbocycles. The fourth-order valence-electron chi connectivity index (χ4n) is 2.55. The molecule has 0 aliphatic heterocycles. The van der Waals surface area contributed by atoms with Gasteiger partial charge in [0.2, 0.25) is 0 Å². The van der Waals surface area contributed by atoms with E-state index < -0.39 is 0 Å². The van der Waals surface area contributed by atoms with Crippen LogP contribution < -0.4 is 5.32 Å². The van der Waals surface area contributed by atoms with E-state index in [1.54, 1.807) is 12.3 Å².